The summed E-state index contributed by atoms with van der Waals surface area (Å²) in [5, 5.41) is 0. The molecule has 0 saturated carbocycles. The molecule has 1 atom stereocenters. The average molecular weight is 145 g/mol. The van der Waals surface area contributed by atoms with E-state index in [1.165, 1.54) is 19.3 Å². The van der Waals surface area contributed by atoms with E-state index in [9.17, 15) is 0 Å². The first-order chi connectivity index (χ1) is 5.43. The predicted octanol–water partition coefficient (Wildman–Crippen LogP) is 2.74. The third kappa shape index (κ3) is 3.09. The molecule has 0 nitrogen and oxygen atoms in total. The van der Waals surface area contributed by atoms with Gasteiger partial charge in [0, 0.05) is 5.92 Å². The molecule has 0 aromatic heterocycles. The van der Waals surface area contributed by atoms with Crippen LogP contribution in [0.15, 0.2) is 24.3 Å². The van der Waals surface area contributed by atoms with Crippen molar-refractivity contribution in [2.45, 2.75) is 19.3 Å². The number of hydrogen-bond donors (Lipinski definition) is 0. The normalized spacial score (nSPS) is 23.2. The highest BCUT2D eigenvalue weighted by atomic mass is 14.1. The molecule has 1 radical (unpaired) electrons. The number of rotatable bonds is 0. The van der Waals surface area contributed by atoms with Crippen molar-refractivity contribution in [2.24, 2.45) is 5.92 Å². The summed E-state index contributed by atoms with van der Waals surface area (Å²) in [5.41, 5.74) is 0. The van der Waals surface area contributed by atoms with Gasteiger partial charge in [0.15, 0.2) is 0 Å². The molecule has 1 rings (SSSR count). The Balaban J connectivity index is 2.43. The Morgan fingerprint density at radius 3 is 3.09 bits per heavy atom. The molecule has 0 saturated heterocycles. The van der Waals surface area contributed by atoms with Gasteiger partial charge >= 0.3 is 0 Å². The van der Waals surface area contributed by atoms with Gasteiger partial charge in [0.05, 0.1) is 0 Å². The van der Waals surface area contributed by atoms with Gasteiger partial charge in [-0.25, -0.2) is 0 Å². The molecule has 1 unspecified atom stereocenters. The van der Waals surface area contributed by atoms with E-state index in [2.05, 4.69) is 30.9 Å². The monoisotopic (exact) mass is 145 g/mol. The minimum Gasteiger partial charge on any atom is -0.0910 e. The molecule has 57 valence electrons. The van der Waals surface area contributed by atoms with Crippen molar-refractivity contribution < 1.29 is 0 Å². The third-order valence-electron chi connectivity index (χ3n) is 1.72. The van der Waals surface area contributed by atoms with Crippen molar-refractivity contribution in [1.82, 2.24) is 0 Å². The smallest absolute Gasteiger partial charge is 0.0386 e. The van der Waals surface area contributed by atoms with Crippen molar-refractivity contribution in [3.05, 3.63) is 31.2 Å². The fourth-order valence-corrected chi connectivity index (χ4v) is 1.15. The fourth-order valence-electron chi connectivity index (χ4n) is 1.15. The van der Waals surface area contributed by atoms with E-state index in [-0.39, 0.29) is 0 Å². The SMILES string of the molecule is [CH2]C=CC#CC1C=CCCC1. The quantitative estimate of drug-likeness (QED) is 0.363. The maximum Gasteiger partial charge on any atom is 0.0386 e. The molecule has 0 aromatic rings. The minimum absolute atomic E-state index is 0.486. The summed E-state index contributed by atoms with van der Waals surface area (Å²) in [6, 6.07) is 0. The lowest BCUT2D eigenvalue weighted by atomic mass is 9.97. The van der Waals surface area contributed by atoms with E-state index in [1.807, 2.05) is 0 Å². The van der Waals surface area contributed by atoms with Crippen LogP contribution in [0, 0.1) is 24.7 Å². The van der Waals surface area contributed by atoms with E-state index >= 15 is 0 Å². The summed E-state index contributed by atoms with van der Waals surface area (Å²) in [6.45, 7) is 3.57. The van der Waals surface area contributed by atoms with Crippen LogP contribution >= 0.6 is 0 Å². The average Bonchev–Trinajstić information content (AvgIpc) is 2.07. The number of allylic oxidation sites excluding steroid dienone is 4. The summed E-state index contributed by atoms with van der Waals surface area (Å²) >= 11 is 0. The van der Waals surface area contributed by atoms with Crippen LogP contribution in [-0.2, 0) is 0 Å². The van der Waals surface area contributed by atoms with Gasteiger partial charge in [0.25, 0.3) is 0 Å². The molecule has 0 N–H and O–H groups in total. The molecule has 0 aliphatic heterocycles. The molecule has 0 heterocycles. The summed E-state index contributed by atoms with van der Waals surface area (Å²) < 4.78 is 0. The topological polar surface area (TPSA) is 0 Å². The summed E-state index contributed by atoms with van der Waals surface area (Å²) in [4.78, 5) is 0. The molecule has 1 aliphatic carbocycles. The lowest BCUT2D eigenvalue weighted by Gasteiger charge is -2.08. The zero-order valence-electron chi connectivity index (χ0n) is 6.72. The minimum atomic E-state index is 0.486. The summed E-state index contributed by atoms with van der Waals surface area (Å²) in [7, 11) is 0. The van der Waals surface area contributed by atoms with Crippen molar-refractivity contribution in [1.29, 1.82) is 0 Å². The fraction of sp³-hybridized carbons (Fsp3) is 0.364. The predicted molar refractivity (Wildman–Crippen MR) is 48.8 cm³/mol. The molecule has 0 fully saturated rings. The van der Waals surface area contributed by atoms with Gasteiger partial charge in [-0.15, -0.1) is 0 Å². The van der Waals surface area contributed by atoms with Crippen molar-refractivity contribution in [3.63, 3.8) is 0 Å². The Bertz CT molecular complexity index is 210. The molecule has 0 bridgehead atoms. The van der Waals surface area contributed by atoms with E-state index in [4.69, 9.17) is 0 Å². The van der Waals surface area contributed by atoms with Gasteiger partial charge in [-0.1, -0.05) is 30.1 Å². The van der Waals surface area contributed by atoms with Gasteiger partial charge in [-0.2, -0.15) is 0 Å². The van der Waals surface area contributed by atoms with Crippen LogP contribution < -0.4 is 0 Å². The van der Waals surface area contributed by atoms with E-state index in [1.54, 1.807) is 12.2 Å². The first-order valence-electron chi connectivity index (χ1n) is 4.05. The Labute approximate surface area is 69.0 Å². The van der Waals surface area contributed by atoms with Crippen molar-refractivity contribution >= 4 is 0 Å². The lowest BCUT2D eigenvalue weighted by molar-refractivity contribution is 0.645. The van der Waals surface area contributed by atoms with E-state index in [0.717, 1.165) is 0 Å². The van der Waals surface area contributed by atoms with Crippen LogP contribution in [0.3, 0.4) is 0 Å². The summed E-state index contributed by atoms with van der Waals surface area (Å²) in [5.74, 6) is 6.61. The van der Waals surface area contributed by atoms with Gasteiger partial charge < -0.3 is 0 Å². The maximum atomic E-state index is 3.57. The highest BCUT2D eigenvalue weighted by Gasteiger charge is 2.02. The molecule has 0 amide bonds. The van der Waals surface area contributed by atoms with E-state index in [0.29, 0.717) is 5.92 Å². The Hall–Kier alpha value is -0.960. The molecule has 0 aromatic carbocycles. The summed E-state index contributed by atoms with van der Waals surface area (Å²) in [6.07, 6.45) is 11.7. The van der Waals surface area contributed by atoms with Gasteiger partial charge in [-0.3, -0.25) is 0 Å². The molecule has 1 aliphatic rings. The van der Waals surface area contributed by atoms with Crippen LogP contribution in [-0.4, -0.2) is 0 Å². The van der Waals surface area contributed by atoms with Gasteiger partial charge in [0.1, 0.15) is 0 Å². The van der Waals surface area contributed by atoms with Crippen molar-refractivity contribution in [2.75, 3.05) is 0 Å². The van der Waals surface area contributed by atoms with Crippen LogP contribution in [0.1, 0.15) is 19.3 Å². The lowest BCUT2D eigenvalue weighted by Crippen LogP contribution is -1.96. The largest absolute Gasteiger partial charge is 0.0910 e. The van der Waals surface area contributed by atoms with Crippen LogP contribution in [0.25, 0.3) is 0 Å². The zero-order valence-corrected chi connectivity index (χ0v) is 6.72. The second-order valence-electron chi connectivity index (χ2n) is 2.66. The Morgan fingerprint density at radius 2 is 2.45 bits per heavy atom. The Kier molecular flexibility index (Phi) is 3.55. The van der Waals surface area contributed by atoms with Crippen LogP contribution in [0.4, 0.5) is 0 Å². The molecule has 11 heavy (non-hydrogen) atoms. The van der Waals surface area contributed by atoms with Crippen molar-refractivity contribution in [3.8, 4) is 11.8 Å². The molecular formula is C11H13. The van der Waals surface area contributed by atoms with Gasteiger partial charge in [0.2, 0.25) is 0 Å². The second-order valence-corrected chi connectivity index (χ2v) is 2.66. The molecular weight excluding hydrogens is 132 g/mol. The molecule has 0 spiro atoms. The molecule has 0 heteroatoms. The zero-order chi connectivity index (χ0) is 7.94. The van der Waals surface area contributed by atoms with Crippen LogP contribution in [0.2, 0.25) is 0 Å². The highest BCUT2D eigenvalue weighted by Crippen LogP contribution is 2.15. The third-order valence-corrected chi connectivity index (χ3v) is 1.72. The van der Waals surface area contributed by atoms with E-state index < -0.39 is 0 Å². The second kappa shape index (κ2) is 4.79. The standard InChI is InChI=1S/C11H13/c1-2-3-5-8-11-9-6-4-7-10-11/h2-3,6,9,11H,1,4,7,10H2. The highest BCUT2D eigenvalue weighted by molar-refractivity contribution is 5.21. The number of hydrogen-bond acceptors (Lipinski definition) is 0. The maximum absolute atomic E-state index is 3.57. The van der Waals surface area contributed by atoms with Gasteiger partial charge in [-0.05, 0) is 32.3 Å². The Morgan fingerprint density at radius 1 is 1.55 bits per heavy atom. The van der Waals surface area contributed by atoms with Crippen LogP contribution in [0.5, 0.6) is 0 Å². The first-order valence-corrected chi connectivity index (χ1v) is 4.05. The first kappa shape index (κ1) is 8.14.